The fourth-order valence-electron chi connectivity index (χ4n) is 3.28. The van der Waals surface area contributed by atoms with Gasteiger partial charge in [-0.15, -0.1) is 0 Å². The van der Waals surface area contributed by atoms with Gasteiger partial charge < -0.3 is 19.9 Å². The first kappa shape index (κ1) is 18.9. The first-order valence-corrected chi connectivity index (χ1v) is 9.32. The van der Waals surface area contributed by atoms with Crippen LogP contribution in [0.2, 0.25) is 0 Å². The highest BCUT2D eigenvalue weighted by molar-refractivity contribution is 5.68. The molecule has 0 spiro atoms. The number of piperazine rings is 1. The molecule has 2 heterocycles. The zero-order valence-corrected chi connectivity index (χ0v) is 16.5. The first-order valence-electron chi connectivity index (χ1n) is 9.32. The standard InChI is InChI=1S/C20H27N5O2/c1-5-27-20(26)25-8-6-24(7-9-25)18-13-16(4)21-19(23-18)22-17-11-14(2)10-15(3)12-17/h10-13H,5-9H2,1-4H3,(H,21,22,23). The lowest BCUT2D eigenvalue weighted by atomic mass is 10.1. The summed E-state index contributed by atoms with van der Waals surface area (Å²) in [5.74, 6) is 1.46. The van der Waals surface area contributed by atoms with Crippen molar-refractivity contribution < 1.29 is 9.53 Å². The summed E-state index contributed by atoms with van der Waals surface area (Å²) in [6.45, 7) is 11.0. The van der Waals surface area contributed by atoms with Crippen LogP contribution in [0.15, 0.2) is 24.3 Å². The molecule has 7 heteroatoms. The summed E-state index contributed by atoms with van der Waals surface area (Å²) in [6.07, 6.45) is -0.242. The van der Waals surface area contributed by atoms with Gasteiger partial charge in [-0.3, -0.25) is 0 Å². The molecule has 1 saturated heterocycles. The summed E-state index contributed by atoms with van der Waals surface area (Å²) in [5.41, 5.74) is 4.27. The predicted molar refractivity (Wildman–Crippen MR) is 107 cm³/mol. The molecule has 0 radical (unpaired) electrons. The molecule has 7 nitrogen and oxygen atoms in total. The number of hydrogen-bond donors (Lipinski definition) is 1. The minimum absolute atomic E-state index is 0.242. The largest absolute Gasteiger partial charge is 0.450 e. The minimum atomic E-state index is -0.242. The molecule has 2 aromatic rings. The third-order valence-corrected chi connectivity index (χ3v) is 4.45. The van der Waals surface area contributed by atoms with Crippen molar-refractivity contribution in [2.45, 2.75) is 27.7 Å². The Morgan fingerprint density at radius 2 is 1.70 bits per heavy atom. The average Bonchev–Trinajstić information content (AvgIpc) is 2.60. The molecular weight excluding hydrogens is 342 g/mol. The second-order valence-corrected chi connectivity index (χ2v) is 6.87. The third kappa shape index (κ3) is 4.87. The number of amides is 1. The van der Waals surface area contributed by atoms with Crippen molar-refractivity contribution in [1.29, 1.82) is 0 Å². The van der Waals surface area contributed by atoms with Gasteiger partial charge in [-0.2, -0.15) is 4.98 Å². The lowest BCUT2D eigenvalue weighted by Crippen LogP contribution is -2.49. The molecular formula is C20H27N5O2. The highest BCUT2D eigenvalue weighted by Crippen LogP contribution is 2.21. The second kappa shape index (κ2) is 8.24. The predicted octanol–water partition coefficient (Wildman–Crippen LogP) is 3.42. The van der Waals surface area contributed by atoms with E-state index < -0.39 is 0 Å². The Kier molecular flexibility index (Phi) is 5.78. The highest BCUT2D eigenvalue weighted by atomic mass is 16.6. The number of nitrogens with one attached hydrogen (secondary N) is 1. The van der Waals surface area contributed by atoms with Crippen molar-refractivity contribution in [3.63, 3.8) is 0 Å². The van der Waals surface area contributed by atoms with Crippen LogP contribution >= 0.6 is 0 Å². The summed E-state index contributed by atoms with van der Waals surface area (Å²) in [5, 5.41) is 3.32. The number of carbonyl (C=O) groups excluding carboxylic acids is 1. The Balaban J connectivity index is 1.71. The number of benzene rings is 1. The van der Waals surface area contributed by atoms with Gasteiger partial charge in [0.25, 0.3) is 0 Å². The number of rotatable bonds is 4. The van der Waals surface area contributed by atoms with E-state index in [2.05, 4.69) is 52.2 Å². The molecule has 0 unspecified atom stereocenters. The summed E-state index contributed by atoms with van der Waals surface area (Å²) >= 11 is 0. The molecule has 1 aliphatic heterocycles. The van der Waals surface area contributed by atoms with Crippen molar-refractivity contribution in [1.82, 2.24) is 14.9 Å². The number of hydrogen-bond acceptors (Lipinski definition) is 6. The number of nitrogens with zero attached hydrogens (tertiary/aromatic N) is 4. The van der Waals surface area contributed by atoms with E-state index in [-0.39, 0.29) is 6.09 Å². The van der Waals surface area contributed by atoms with Gasteiger partial charge >= 0.3 is 6.09 Å². The maximum Gasteiger partial charge on any atom is 0.409 e. The Labute approximate surface area is 160 Å². The van der Waals surface area contributed by atoms with E-state index in [4.69, 9.17) is 4.74 Å². The van der Waals surface area contributed by atoms with Gasteiger partial charge in [-0.05, 0) is 51.0 Å². The monoisotopic (exact) mass is 369 g/mol. The van der Waals surface area contributed by atoms with Crippen LogP contribution in [0.25, 0.3) is 0 Å². The van der Waals surface area contributed by atoms with Crippen LogP contribution in [0.3, 0.4) is 0 Å². The summed E-state index contributed by atoms with van der Waals surface area (Å²) in [4.78, 5) is 25.0. The van der Waals surface area contributed by atoms with Crippen molar-refractivity contribution in [2.24, 2.45) is 0 Å². The van der Waals surface area contributed by atoms with Crippen molar-refractivity contribution >= 4 is 23.5 Å². The second-order valence-electron chi connectivity index (χ2n) is 6.87. The molecule has 0 saturated carbocycles. The fraction of sp³-hybridized carbons (Fsp3) is 0.450. The number of aromatic nitrogens is 2. The zero-order chi connectivity index (χ0) is 19.4. The summed E-state index contributed by atoms with van der Waals surface area (Å²) in [7, 11) is 0. The molecule has 1 fully saturated rings. The molecule has 1 amide bonds. The maximum atomic E-state index is 11.9. The van der Waals surface area contributed by atoms with Gasteiger partial charge in [0.2, 0.25) is 5.95 Å². The van der Waals surface area contributed by atoms with Crippen LogP contribution in [-0.2, 0) is 4.74 Å². The molecule has 0 bridgehead atoms. The lowest BCUT2D eigenvalue weighted by Gasteiger charge is -2.34. The zero-order valence-electron chi connectivity index (χ0n) is 16.5. The van der Waals surface area contributed by atoms with Gasteiger partial charge in [0.15, 0.2) is 0 Å². The average molecular weight is 369 g/mol. The molecule has 0 aliphatic carbocycles. The molecule has 1 aromatic carbocycles. The first-order chi connectivity index (χ1) is 12.9. The molecule has 1 aliphatic rings. The number of carbonyl (C=O) groups is 1. The van der Waals surface area contributed by atoms with Gasteiger partial charge in [0, 0.05) is 43.6 Å². The van der Waals surface area contributed by atoms with E-state index in [1.807, 2.05) is 19.9 Å². The van der Waals surface area contributed by atoms with E-state index in [0.29, 0.717) is 25.6 Å². The van der Waals surface area contributed by atoms with Gasteiger partial charge in [0.05, 0.1) is 6.61 Å². The van der Waals surface area contributed by atoms with Gasteiger partial charge in [-0.25, -0.2) is 9.78 Å². The number of anilines is 3. The van der Waals surface area contributed by atoms with Crippen LogP contribution in [0.1, 0.15) is 23.7 Å². The molecule has 27 heavy (non-hydrogen) atoms. The van der Waals surface area contributed by atoms with Crippen LogP contribution in [0.5, 0.6) is 0 Å². The number of ether oxygens (including phenoxy) is 1. The molecule has 1 N–H and O–H groups in total. The van der Waals surface area contributed by atoms with E-state index in [1.165, 1.54) is 11.1 Å². The Bertz CT molecular complexity index is 796. The van der Waals surface area contributed by atoms with Crippen LogP contribution < -0.4 is 10.2 Å². The molecule has 144 valence electrons. The summed E-state index contributed by atoms with van der Waals surface area (Å²) in [6, 6.07) is 8.27. The Hall–Kier alpha value is -2.83. The topological polar surface area (TPSA) is 70.6 Å². The van der Waals surface area contributed by atoms with Crippen molar-refractivity contribution in [3.8, 4) is 0 Å². The molecule has 1 aromatic heterocycles. The number of aryl methyl sites for hydroxylation is 3. The van der Waals surface area contributed by atoms with Crippen LogP contribution in [0, 0.1) is 20.8 Å². The smallest absolute Gasteiger partial charge is 0.409 e. The maximum absolute atomic E-state index is 11.9. The van der Waals surface area contributed by atoms with Crippen LogP contribution in [-0.4, -0.2) is 53.7 Å². The van der Waals surface area contributed by atoms with Gasteiger partial charge in [0.1, 0.15) is 5.82 Å². The fourth-order valence-corrected chi connectivity index (χ4v) is 3.28. The lowest BCUT2D eigenvalue weighted by molar-refractivity contribution is 0.105. The molecule has 3 rings (SSSR count). The third-order valence-electron chi connectivity index (χ3n) is 4.45. The van der Waals surface area contributed by atoms with Crippen molar-refractivity contribution in [2.75, 3.05) is 43.0 Å². The quantitative estimate of drug-likeness (QED) is 0.890. The normalized spacial score (nSPS) is 14.2. The van der Waals surface area contributed by atoms with E-state index in [0.717, 1.165) is 30.3 Å². The van der Waals surface area contributed by atoms with E-state index >= 15 is 0 Å². The van der Waals surface area contributed by atoms with Crippen molar-refractivity contribution in [3.05, 3.63) is 41.1 Å². The Morgan fingerprint density at radius 3 is 2.33 bits per heavy atom. The molecule has 0 atom stereocenters. The highest BCUT2D eigenvalue weighted by Gasteiger charge is 2.23. The van der Waals surface area contributed by atoms with Gasteiger partial charge in [-0.1, -0.05) is 6.07 Å². The van der Waals surface area contributed by atoms with E-state index in [1.54, 1.807) is 4.90 Å². The Morgan fingerprint density at radius 1 is 1.04 bits per heavy atom. The summed E-state index contributed by atoms with van der Waals surface area (Å²) < 4.78 is 5.08. The SMILES string of the molecule is CCOC(=O)N1CCN(c2cc(C)nc(Nc3cc(C)cc(C)c3)n2)CC1. The minimum Gasteiger partial charge on any atom is -0.450 e. The van der Waals surface area contributed by atoms with E-state index in [9.17, 15) is 4.79 Å². The van der Waals surface area contributed by atoms with Crippen LogP contribution in [0.4, 0.5) is 22.2 Å².